The van der Waals surface area contributed by atoms with Gasteiger partial charge in [0.05, 0.1) is 26.0 Å². The summed E-state index contributed by atoms with van der Waals surface area (Å²) in [5.41, 5.74) is 8.83. The fourth-order valence-corrected chi connectivity index (χ4v) is 2.42. The lowest BCUT2D eigenvalue weighted by atomic mass is 10.2. The molecule has 2 aromatic rings. The molecule has 0 atom stereocenters. The van der Waals surface area contributed by atoms with Crippen LogP contribution in [0.15, 0.2) is 41.5 Å². The zero-order valence-corrected chi connectivity index (χ0v) is 16.7. The Bertz CT molecular complexity index is 827. The first-order valence-corrected chi connectivity index (χ1v) is 9.24. The molecule has 0 bridgehead atoms. The third-order valence-electron chi connectivity index (χ3n) is 3.60. The summed E-state index contributed by atoms with van der Waals surface area (Å²) in [5.74, 6) is 2.01. The molecule has 8 heteroatoms. The summed E-state index contributed by atoms with van der Waals surface area (Å²) < 4.78 is 17.1. The molecule has 0 saturated carbocycles. The maximum Gasteiger partial charge on any atom is 0.332 e. The van der Waals surface area contributed by atoms with Crippen LogP contribution in [-0.4, -0.2) is 32.1 Å². The van der Waals surface area contributed by atoms with Crippen molar-refractivity contribution in [3.63, 3.8) is 0 Å². The number of halogens is 1. The summed E-state index contributed by atoms with van der Waals surface area (Å²) in [6.07, 6.45) is 2.18. The summed E-state index contributed by atoms with van der Waals surface area (Å²) in [7, 11) is 0. The molecule has 2 rings (SSSR count). The van der Waals surface area contributed by atoms with Gasteiger partial charge in [-0.05, 0) is 61.4 Å². The lowest BCUT2D eigenvalue weighted by Crippen LogP contribution is -2.24. The van der Waals surface area contributed by atoms with E-state index < -0.39 is 6.03 Å². The van der Waals surface area contributed by atoms with Gasteiger partial charge in [-0.1, -0.05) is 11.6 Å². The summed E-state index contributed by atoms with van der Waals surface area (Å²) in [6.45, 7) is 5.32. The highest BCUT2D eigenvalue weighted by Crippen LogP contribution is 2.28. The second-order valence-corrected chi connectivity index (χ2v) is 6.24. The maximum absolute atomic E-state index is 10.6. The normalized spacial score (nSPS) is 10.7. The summed E-state index contributed by atoms with van der Waals surface area (Å²) in [5, 5.41) is 4.45. The number of primary amides is 1. The molecule has 2 aromatic carbocycles. The number of hydrogen-bond donors (Lipinski definition) is 2. The van der Waals surface area contributed by atoms with E-state index in [0.29, 0.717) is 37.7 Å². The van der Waals surface area contributed by atoms with Gasteiger partial charge in [-0.25, -0.2) is 10.2 Å². The van der Waals surface area contributed by atoms with Gasteiger partial charge in [0.1, 0.15) is 5.75 Å². The number of carbonyl (C=O) groups is 1. The molecule has 0 aliphatic carbocycles. The van der Waals surface area contributed by atoms with Crippen molar-refractivity contribution in [1.29, 1.82) is 0 Å². The Labute approximate surface area is 169 Å². The van der Waals surface area contributed by atoms with Crippen LogP contribution in [0.1, 0.15) is 24.5 Å². The topological polar surface area (TPSA) is 95.2 Å². The monoisotopic (exact) mass is 405 g/mol. The number of aryl methyl sites for hydroxylation is 1. The van der Waals surface area contributed by atoms with Crippen molar-refractivity contribution in [2.45, 2.75) is 20.3 Å². The van der Waals surface area contributed by atoms with E-state index in [1.165, 1.54) is 6.21 Å². The van der Waals surface area contributed by atoms with Gasteiger partial charge in [-0.2, -0.15) is 5.10 Å². The highest BCUT2D eigenvalue weighted by molar-refractivity contribution is 6.31. The fourth-order valence-electron chi connectivity index (χ4n) is 2.30. The number of ether oxygens (including phenoxy) is 3. The van der Waals surface area contributed by atoms with Crippen molar-refractivity contribution in [3.8, 4) is 17.2 Å². The molecular formula is C20H24ClN3O4. The van der Waals surface area contributed by atoms with E-state index in [2.05, 4.69) is 10.5 Å². The van der Waals surface area contributed by atoms with Crippen LogP contribution in [0.25, 0.3) is 0 Å². The van der Waals surface area contributed by atoms with E-state index in [4.69, 9.17) is 31.5 Å². The van der Waals surface area contributed by atoms with Crippen LogP contribution in [0.3, 0.4) is 0 Å². The summed E-state index contributed by atoms with van der Waals surface area (Å²) in [4.78, 5) is 10.6. The fraction of sp³-hybridized carbons (Fsp3) is 0.300. The van der Waals surface area contributed by atoms with Crippen molar-refractivity contribution in [3.05, 3.63) is 52.5 Å². The molecule has 28 heavy (non-hydrogen) atoms. The Morgan fingerprint density at radius 2 is 1.93 bits per heavy atom. The van der Waals surface area contributed by atoms with Crippen LogP contribution in [0.4, 0.5) is 4.79 Å². The van der Waals surface area contributed by atoms with Crippen LogP contribution >= 0.6 is 11.6 Å². The Kier molecular flexibility index (Phi) is 8.42. The lowest BCUT2D eigenvalue weighted by Gasteiger charge is -2.13. The van der Waals surface area contributed by atoms with Crippen molar-refractivity contribution < 1.29 is 19.0 Å². The zero-order chi connectivity index (χ0) is 20.4. The molecule has 7 nitrogen and oxygen atoms in total. The third-order valence-corrected chi connectivity index (χ3v) is 4.02. The molecule has 3 N–H and O–H groups in total. The number of hydrogen-bond acceptors (Lipinski definition) is 5. The predicted molar refractivity (Wildman–Crippen MR) is 110 cm³/mol. The molecule has 150 valence electrons. The van der Waals surface area contributed by atoms with Gasteiger partial charge in [0.2, 0.25) is 0 Å². The van der Waals surface area contributed by atoms with Crippen molar-refractivity contribution >= 4 is 23.8 Å². The standard InChI is InChI=1S/C20H24ClN3O4/c1-3-26-19-12-15(13-23-24-20(22)25)5-8-18(19)28-10-4-9-27-16-6-7-17(21)14(2)11-16/h5-8,11-13H,3-4,9-10H2,1-2H3,(H3,22,24,25)/b23-13+. The lowest BCUT2D eigenvalue weighted by molar-refractivity contribution is 0.236. The average Bonchev–Trinajstić information content (AvgIpc) is 2.65. The van der Waals surface area contributed by atoms with Crippen molar-refractivity contribution in [2.75, 3.05) is 19.8 Å². The van der Waals surface area contributed by atoms with E-state index in [-0.39, 0.29) is 0 Å². The number of carbonyl (C=O) groups excluding carboxylic acids is 1. The Balaban J connectivity index is 1.85. The van der Waals surface area contributed by atoms with Crippen molar-refractivity contribution in [1.82, 2.24) is 5.43 Å². The van der Waals surface area contributed by atoms with Gasteiger partial charge >= 0.3 is 6.03 Å². The smallest absolute Gasteiger partial charge is 0.332 e. The van der Waals surface area contributed by atoms with Gasteiger partial charge in [0, 0.05) is 11.4 Å². The SMILES string of the molecule is CCOc1cc(/C=N/NC(N)=O)ccc1OCCCOc1ccc(Cl)c(C)c1. The molecule has 0 aliphatic rings. The molecule has 0 heterocycles. The number of nitrogens with zero attached hydrogens (tertiary/aromatic N) is 1. The molecule has 2 amide bonds. The Hall–Kier alpha value is -2.93. The molecule has 0 aromatic heterocycles. The summed E-state index contributed by atoms with van der Waals surface area (Å²) >= 11 is 6.01. The van der Waals surface area contributed by atoms with Crippen LogP contribution in [0.5, 0.6) is 17.2 Å². The van der Waals surface area contributed by atoms with E-state index in [9.17, 15) is 4.79 Å². The number of nitrogens with two attached hydrogens (primary N) is 1. The van der Waals surface area contributed by atoms with Gasteiger partial charge in [-0.3, -0.25) is 0 Å². The van der Waals surface area contributed by atoms with Gasteiger partial charge in [0.25, 0.3) is 0 Å². The maximum atomic E-state index is 10.6. The van der Waals surface area contributed by atoms with E-state index >= 15 is 0 Å². The molecular weight excluding hydrogens is 382 g/mol. The number of benzene rings is 2. The number of rotatable bonds is 10. The van der Waals surface area contributed by atoms with Crippen LogP contribution in [0.2, 0.25) is 5.02 Å². The molecule has 0 fully saturated rings. The van der Waals surface area contributed by atoms with Crippen molar-refractivity contribution in [2.24, 2.45) is 10.8 Å². The largest absolute Gasteiger partial charge is 0.493 e. The van der Waals surface area contributed by atoms with Crippen LogP contribution in [0, 0.1) is 6.92 Å². The highest BCUT2D eigenvalue weighted by Gasteiger charge is 2.06. The second kappa shape index (κ2) is 11.0. The molecule has 0 spiro atoms. The first-order valence-electron chi connectivity index (χ1n) is 8.86. The summed E-state index contributed by atoms with van der Waals surface area (Å²) in [6, 6.07) is 10.2. The highest BCUT2D eigenvalue weighted by atomic mass is 35.5. The van der Waals surface area contributed by atoms with E-state index in [1.54, 1.807) is 18.2 Å². The zero-order valence-electron chi connectivity index (χ0n) is 15.9. The number of hydrazone groups is 1. The first kappa shape index (κ1) is 21.4. The van der Waals surface area contributed by atoms with Gasteiger partial charge < -0.3 is 19.9 Å². The Morgan fingerprint density at radius 3 is 2.64 bits per heavy atom. The van der Waals surface area contributed by atoms with Crippen LogP contribution in [-0.2, 0) is 0 Å². The molecule has 0 aliphatic heterocycles. The minimum Gasteiger partial charge on any atom is -0.493 e. The first-order chi connectivity index (χ1) is 13.5. The number of urea groups is 1. The quantitative estimate of drug-likeness (QED) is 0.356. The Morgan fingerprint density at radius 1 is 1.14 bits per heavy atom. The van der Waals surface area contributed by atoms with Gasteiger partial charge in [-0.15, -0.1) is 0 Å². The van der Waals surface area contributed by atoms with E-state index in [0.717, 1.165) is 21.9 Å². The molecule has 0 saturated heterocycles. The third kappa shape index (κ3) is 7.00. The average molecular weight is 406 g/mol. The minimum absolute atomic E-state index is 0.476. The number of amides is 2. The number of nitrogens with one attached hydrogen (secondary N) is 1. The molecule has 0 unspecified atom stereocenters. The molecule has 0 radical (unpaired) electrons. The minimum atomic E-state index is -0.725. The predicted octanol–water partition coefficient (Wildman–Crippen LogP) is 3.90. The van der Waals surface area contributed by atoms with E-state index in [1.807, 2.05) is 32.0 Å². The van der Waals surface area contributed by atoms with Gasteiger partial charge in [0.15, 0.2) is 11.5 Å². The van der Waals surface area contributed by atoms with Crippen LogP contribution < -0.4 is 25.4 Å². The second-order valence-electron chi connectivity index (χ2n) is 5.83.